The van der Waals surface area contributed by atoms with Gasteiger partial charge in [-0.25, -0.2) is 0 Å². The highest BCUT2D eigenvalue weighted by atomic mass is 15.0. The minimum absolute atomic E-state index is 0.613. The van der Waals surface area contributed by atoms with Crippen LogP contribution in [0.3, 0.4) is 0 Å². The number of rotatable bonds is 4. The maximum atomic E-state index is 10.3. The van der Waals surface area contributed by atoms with E-state index >= 15 is 0 Å². The van der Waals surface area contributed by atoms with Crippen LogP contribution in [0.25, 0.3) is 93.7 Å². The summed E-state index contributed by atoms with van der Waals surface area (Å²) >= 11 is 0. The van der Waals surface area contributed by atoms with E-state index < -0.39 is 0 Å². The Balaban J connectivity index is 1.15. The van der Waals surface area contributed by atoms with Crippen LogP contribution in [0.2, 0.25) is 0 Å². The van der Waals surface area contributed by atoms with Crippen LogP contribution in [0.1, 0.15) is 5.56 Å². The molecule has 0 aliphatic heterocycles. The first-order valence-electron chi connectivity index (χ1n) is 17.8. The number of benzene rings is 7. The molecule has 53 heavy (non-hydrogen) atoms. The highest BCUT2D eigenvalue weighted by Gasteiger charge is 2.20. The molecule has 0 saturated carbocycles. The average Bonchev–Trinajstić information content (AvgIpc) is 3.85. The van der Waals surface area contributed by atoms with Gasteiger partial charge in [-0.05, 0) is 96.1 Å². The molecule has 4 aromatic heterocycles. The Kier molecular flexibility index (Phi) is 6.25. The van der Waals surface area contributed by atoms with E-state index in [1.165, 1.54) is 27.1 Å². The molecule has 0 aliphatic rings. The van der Waals surface area contributed by atoms with Crippen LogP contribution in [0.4, 0.5) is 0 Å². The van der Waals surface area contributed by atoms with Crippen molar-refractivity contribution in [2.45, 2.75) is 0 Å². The third-order valence-corrected chi connectivity index (χ3v) is 10.7. The van der Waals surface area contributed by atoms with E-state index in [1.54, 1.807) is 0 Å². The highest BCUT2D eigenvalue weighted by molar-refractivity contribution is 6.18. The number of pyridine rings is 1. The molecule has 0 radical (unpaired) electrons. The summed E-state index contributed by atoms with van der Waals surface area (Å²) in [7, 11) is 0. The van der Waals surface area contributed by atoms with E-state index in [0.717, 1.165) is 66.7 Å². The Bertz CT molecular complexity index is 3250. The van der Waals surface area contributed by atoms with Crippen LogP contribution >= 0.6 is 0 Å². The molecule has 0 atom stereocenters. The smallest absolute Gasteiger partial charge is 0.0992 e. The van der Waals surface area contributed by atoms with Crippen molar-refractivity contribution >= 4 is 65.5 Å². The van der Waals surface area contributed by atoms with Crippen molar-refractivity contribution in [3.63, 3.8) is 0 Å². The maximum absolute atomic E-state index is 10.3. The molecule has 11 aromatic rings. The molecule has 4 heterocycles. The second kappa shape index (κ2) is 11.3. The van der Waals surface area contributed by atoms with Gasteiger partial charge in [-0.15, -0.1) is 0 Å². The second-order valence-corrected chi connectivity index (χ2v) is 13.6. The predicted octanol–water partition coefficient (Wildman–Crippen LogP) is 11.9. The molecule has 0 aliphatic carbocycles. The molecule has 7 aromatic carbocycles. The van der Waals surface area contributed by atoms with Crippen LogP contribution in [-0.2, 0) is 0 Å². The first-order valence-corrected chi connectivity index (χ1v) is 17.8. The molecule has 5 heteroatoms. The third kappa shape index (κ3) is 4.33. The van der Waals surface area contributed by atoms with Gasteiger partial charge < -0.3 is 13.7 Å². The summed E-state index contributed by atoms with van der Waals surface area (Å²) in [4.78, 5) is 4.93. The van der Waals surface area contributed by atoms with Crippen LogP contribution in [0, 0.1) is 11.3 Å². The molecular formula is C48H29N5. The lowest BCUT2D eigenvalue weighted by Gasteiger charge is -2.13. The summed E-state index contributed by atoms with van der Waals surface area (Å²) in [6.07, 6.45) is 1.88. The van der Waals surface area contributed by atoms with Crippen LogP contribution in [0.15, 0.2) is 176 Å². The lowest BCUT2D eigenvalue weighted by molar-refractivity contribution is 1.16. The number of fused-ring (bicyclic) bond motifs is 9. The van der Waals surface area contributed by atoms with Gasteiger partial charge in [0.25, 0.3) is 0 Å². The number of nitriles is 1. The zero-order valence-corrected chi connectivity index (χ0v) is 28.5. The van der Waals surface area contributed by atoms with E-state index in [2.05, 4.69) is 171 Å². The molecule has 5 nitrogen and oxygen atoms in total. The van der Waals surface area contributed by atoms with E-state index in [0.29, 0.717) is 5.56 Å². The lowest BCUT2D eigenvalue weighted by Crippen LogP contribution is -1.97. The Morgan fingerprint density at radius 1 is 0.377 bits per heavy atom. The van der Waals surface area contributed by atoms with Crippen LogP contribution in [-0.4, -0.2) is 18.7 Å². The van der Waals surface area contributed by atoms with E-state index in [9.17, 15) is 5.26 Å². The molecule has 0 N–H and O–H groups in total. The zero-order chi connectivity index (χ0) is 35.0. The Morgan fingerprint density at radius 3 is 1.66 bits per heavy atom. The van der Waals surface area contributed by atoms with Crippen LogP contribution < -0.4 is 0 Å². The monoisotopic (exact) mass is 675 g/mol. The van der Waals surface area contributed by atoms with Gasteiger partial charge in [0.05, 0.1) is 50.2 Å². The standard InChI is InChI=1S/C48H29N5/c49-30-31-24-33(27-36(25-31)53-42-19-7-4-16-37(42)38-17-5-8-20-43(38)53)32-12-10-15-35(26-32)52-45-22-11-23-50-48(45)41-28-40-39-18-6-9-21-44(39)51(46(40)29-47(41)52)34-13-2-1-3-14-34/h1-29H. The van der Waals surface area contributed by atoms with Crippen LogP contribution in [0.5, 0.6) is 0 Å². The summed E-state index contributed by atoms with van der Waals surface area (Å²) in [5, 5.41) is 16.2. The minimum Gasteiger partial charge on any atom is -0.309 e. The average molecular weight is 676 g/mol. The molecule has 0 amide bonds. The number of hydrogen-bond acceptors (Lipinski definition) is 2. The molecule has 0 spiro atoms. The molecular weight excluding hydrogens is 647 g/mol. The predicted molar refractivity (Wildman–Crippen MR) is 217 cm³/mol. The van der Waals surface area contributed by atoms with Gasteiger partial charge in [0, 0.05) is 50.2 Å². The molecule has 0 saturated heterocycles. The first kappa shape index (κ1) is 29.3. The molecule has 11 rings (SSSR count). The van der Waals surface area contributed by atoms with Crippen molar-refractivity contribution in [1.82, 2.24) is 18.7 Å². The van der Waals surface area contributed by atoms with Crippen molar-refractivity contribution in [1.29, 1.82) is 5.26 Å². The summed E-state index contributed by atoms with van der Waals surface area (Å²) in [6, 6.07) is 62.2. The van der Waals surface area contributed by atoms with Crippen molar-refractivity contribution in [2.24, 2.45) is 0 Å². The van der Waals surface area contributed by atoms with Gasteiger partial charge in [-0.3, -0.25) is 4.98 Å². The number of para-hydroxylation sites is 4. The third-order valence-electron chi connectivity index (χ3n) is 10.7. The van der Waals surface area contributed by atoms with E-state index in [-0.39, 0.29) is 0 Å². The fourth-order valence-corrected chi connectivity index (χ4v) is 8.42. The van der Waals surface area contributed by atoms with Crippen molar-refractivity contribution < 1.29 is 0 Å². The van der Waals surface area contributed by atoms with Gasteiger partial charge in [0.15, 0.2) is 0 Å². The molecule has 0 unspecified atom stereocenters. The van der Waals surface area contributed by atoms with E-state index in [4.69, 9.17) is 4.98 Å². The topological polar surface area (TPSA) is 51.5 Å². The Labute approximate surface area is 304 Å². The minimum atomic E-state index is 0.613. The summed E-state index contributed by atoms with van der Waals surface area (Å²) in [5.41, 5.74) is 13.3. The van der Waals surface area contributed by atoms with Gasteiger partial charge >= 0.3 is 0 Å². The number of nitrogens with zero attached hydrogens (tertiary/aromatic N) is 5. The Hall–Kier alpha value is -7.42. The van der Waals surface area contributed by atoms with Gasteiger partial charge in [0.1, 0.15) is 0 Å². The van der Waals surface area contributed by atoms with Crippen molar-refractivity contribution in [3.8, 4) is 34.3 Å². The number of hydrogen-bond donors (Lipinski definition) is 0. The van der Waals surface area contributed by atoms with Gasteiger partial charge in [0.2, 0.25) is 0 Å². The largest absolute Gasteiger partial charge is 0.309 e. The van der Waals surface area contributed by atoms with Gasteiger partial charge in [-0.1, -0.05) is 84.9 Å². The zero-order valence-electron chi connectivity index (χ0n) is 28.5. The molecule has 246 valence electrons. The lowest BCUT2D eigenvalue weighted by atomic mass is 10.0. The summed E-state index contributed by atoms with van der Waals surface area (Å²) in [6.45, 7) is 0. The molecule has 0 fully saturated rings. The number of aromatic nitrogens is 4. The second-order valence-electron chi connectivity index (χ2n) is 13.6. The highest BCUT2D eigenvalue weighted by Crippen LogP contribution is 2.40. The van der Waals surface area contributed by atoms with E-state index in [1.807, 2.05) is 24.4 Å². The van der Waals surface area contributed by atoms with Crippen molar-refractivity contribution in [3.05, 3.63) is 182 Å². The quantitative estimate of drug-likeness (QED) is 0.186. The van der Waals surface area contributed by atoms with Gasteiger partial charge in [-0.2, -0.15) is 5.26 Å². The molecule has 0 bridgehead atoms. The first-order chi connectivity index (χ1) is 26.2. The maximum Gasteiger partial charge on any atom is 0.0992 e. The Morgan fingerprint density at radius 2 is 0.943 bits per heavy atom. The summed E-state index contributed by atoms with van der Waals surface area (Å²) in [5.74, 6) is 0. The SMILES string of the molecule is N#Cc1cc(-c2cccc(-n3c4cc5c(cc4c4ncccc43)c3ccccc3n5-c3ccccc3)c2)cc(-n2c3ccccc3c3ccccc32)c1. The fourth-order valence-electron chi connectivity index (χ4n) is 8.42. The normalized spacial score (nSPS) is 11.8. The summed E-state index contributed by atoms with van der Waals surface area (Å²) < 4.78 is 6.96. The fraction of sp³-hybridized carbons (Fsp3) is 0. The van der Waals surface area contributed by atoms with Crippen molar-refractivity contribution in [2.75, 3.05) is 0 Å².